The van der Waals surface area contributed by atoms with Crippen molar-refractivity contribution in [2.45, 2.75) is 25.8 Å². The van der Waals surface area contributed by atoms with Crippen LogP contribution in [0, 0.1) is 11.7 Å². The molecule has 6 heteroatoms. The van der Waals surface area contributed by atoms with Crippen LogP contribution >= 0.6 is 0 Å². The van der Waals surface area contributed by atoms with Crippen molar-refractivity contribution < 1.29 is 13.7 Å². The van der Waals surface area contributed by atoms with Gasteiger partial charge in [0.2, 0.25) is 11.7 Å². The molecule has 1 aliphatic rings. The molecule has 1 aromatic carbocycles. The highest BCUT2D eigenvalue weighted by Crippen LogP contribution is 2.29. The lowest BCUT2D eigenvalue weighted by Crippen LogP contribution is -2.19. The first kappa shape index (κ1) is 13.1. The van der Waals surface area contributed by atoms with Gasteiger partial charge in [-0.2, -0.15) is 4.98 Å². The van der Waals surface area contributed by atoms with Gasteiger partial charge < -0.3 is 15.0 Å². The van der Waals surface area contributed by atoms with E-state index in [4.69, 9.17) is 15.0 Å². The minimum atomic E-state index is -0.416. The minimum Gasteiger partial charge on any atom is -0.490 e. The Kier molecular flexibility index (Phi) is 3.64. The number of halogens is 1. The second-order valence-corrected chi connectivity index (χ2v) is 4.97. The van der Waals surface area contributed by atoms with Crippen LogP contribution in [0.1, 0.15) is 25.2 Å². The Labute approximate surface area is 115 Å². The highest BCUT2D eigenvalue weighted by molar-refractivity contribution is 5.56. The monoisotopic (exact) mass is 277 g/mol. The van der Waals surface area contributed by atoms with Gasteiger partial charge in [-0.25, -0.2) is 4.39 Å². The fourth-order valence-electron chi connectivity index (χ4n) is 2.08. The maximum Gasteiger partial charge on any atom is 0.240 e. The van der Waals surface area contributed by atoms with E-state index >= 15 is 0 Å². The molecule has 5 nitrogen and oxygen atoms in total. The molecule has 3 rings (SSSR count). The average Bonchev–Trinajstić information content (AvgIpc) is 2.87. The zero-order valence-corrected chi connectivity index (χ0v) is 11.0. The molecule has 0 bridgehead atoms. The first-order chi connectivity index (χ1) is 9.76. The highest BCUT2D eigenvalue weighted by atomic mass is 19.1. The molecule has 0 atom stereocenters. The Balaban J connectivity index is 1.72. The maximum absolute atomic E-state index is 14.0. The number of nitrogens with two attached hydrogens (primary N) is 1. The van der Waals surface area contributed by atoms with Crippen LogP contribution in [-0.2, 0) is 6.54 Å². The number of hydrogen-bond donors (Lipinski definition) is 1. The number of nitrogens with zero attached hydrogens (tertiary/aromatic N) is 2. The van der Waals surface area contributed by atoms with Crippen molar-refractivity contribution in [2.24, 2.45) is 11.7 Å². The van der Waals surface area contributed by atoms with E-state index < -0.39 is 5.82 Å². The van der Waals surface area contributed by atoms with Gasteiger partial charge in [0.25, 0.3) is 0 Å². The van der Waals surface area contributed by atoms with Gasteiger partial charge in [0.15, 0.2) is 11.6 Å². The fraction of sp³-hybridized carbons (Fsp3) is 0.429. The molecule has 1 fully saturated rings. The predicted molar refractivity (Wildman–Crippen MR) is 70.4 cm³/mol. The lowest BCUT2D eigenvalue weighted by molar-refractivity contribution is 0.175. The summed E-state index contributed by atoms with van der Waals surface area (Å²) in [6.45, 7) is 0.744. The molecule has 2 aromatic rings. The predicted octanol–water partition coefficient (Wildman–Crippen LogP) is 2.51. The summed E-state index contributed by atoms with van der Waals surface area (Å²) in [5, 5.41) is 3.75. The summed E-state index contributed by atoms with van der Waals surface area (Å²) in [6.07, 6.45) is 3.59. The van der Waals surface area contributed by atoms with Gasteiger partial charge in [0, 0.05) is 5.56 Å². The molecule has 20 heavy (non-hydrogen) atoms. The Morgan fingerprint density at radius 3 is 2.85 bits per heavy atom. The third-order valence-electron chi connectivity index (χ3n) is 3.53. The lowest BCUT2D eigenvalue weighted by atomic mass is 9.86. The Morgan fingerprint density at radius 1 is 1.40 bits per heavy atom. The molecule has 106 valence electrons. The Morgan fingerprint density at radius 2 is 2.25 bits per heavy atom. The van der Waals surface area contributed by atoms with Gasteiger partial charge in [-0.1, -0.05) is 11.6 Å². The van der Waals surface area contributed by atoms with Gasteiger partial charge in [-0.15, -0.1) is 0 Å². The zero-order chi connectivity index (χ0) is 13.9. The molecule has 1 aromatic heterocycles. The van der Waals surface area contributed by atoms with Crippen molar-refractivity contribution >= 4 is 0 Å². The third kappa shape index (κ3) is 2.65. The number of benzene rings is 1. The highest BCUT2D eigenvalue weighted by Gasteiger charge is 2.19. The topological polar surface area (TPSA) is 74.2 Å². The first-order valence-electron chi connectivity index (χ1n) is 6.71. The van der Waals surface area contributed by atoms with E-state index in [1.165, 1.54) is 25.3 Å². The molecule has 0 amide bonds. The lowest BCUT2D eigenvalue weighted by Gasteiger charge is -2.25. The second kappa shape index (κ2) is 5.58. The zero-order valence-electron chi connectivity index (χ0n) is 11.0. The van der Waals surface area contributed by atoms with E-state index in [-0.39, 0.29) is 12.3 Å². The fourth-order valence-corrected chi connectivity index (χ4v) is 2.08. The standard InChI is InChI=1S/C14H16FN3O2/c15-11-6-10(14-17-13(7-16)20-18-14)4-5-12(11)19-8-9-2-1-3-9/h4-6,9H,1-3,7-8,16H2. The van der Waals surface area contributed by atoms with Crippen molar-refractivity contribution in [3.05, 3.63) is 29.9 Å². The molecular weight excluding hydrogens is 261 g/mol. The Bertz CT molecular complexity index is 596. The van der Waals surface area contributed by atoms with E-state index in [9.17, 15) is 4.39 Å². The van der Waals surface area contributed by atoms with E-state index in [0.29, 0.717) is 29.8 Å². The normalized spacial score (nSPS) is 15.1. The molecular formula is C14H16FN3O2. The molecule has 0 spiro atoms. The van der Waals surface area contributed by atoms with Crippen LogP contribution in [0.15, 0.2) is 22.7 Å². The first-order valence-corrected chi connectivity index (χ1v) is 6.71. The van der Waals surface area contributed by atoms with E-state index in [1.54, 1.807) is 12.1 Å². The number of rotatable bonds is 5. The molecule has 0 unspecified atom stereocenters. The van der Waals surface area contributed by atoms with Crippen LogP contribution in [0.25, 0.3) is 11.4 Å². The summed E-state index contributed by atoms with van der Waals surface area (Å²) in [5.74, 6) is 1.07. The molecule has 0 radical (unpaired) electrons. The van der Waals surface area contributed by atoms with Crippen LogP contribution in [0.3, 0.4) is 0 Å². The van der Waals surface area contributed by atoms with E-state index in [2.05, 4.69) is 10.1 Å². The summed E-state index contributed by atoms with van der Waals surface area (Å²) >= 11 is 0. The third-order valence-corrected chi connectivity index (χ3v) is 3.53. The number of ether oxygens (including phenoxy) is 1. The van der Waals surface area contributed by atoms with Crippen molar-refractivity contribution in [3.63, 3.8) is 0 Å². The van der Waals surface area contributed by atoms with Gasteiger partial charge in [0.05, 0.1) is 13.2 Å². The molecule has 1 saturated carbocycles. The van der Waals surface area contributed by atoms with Gasteiger partial charge >= 0.3 is 0 Å². The van der Waals surface area contributed by atoms with E-state index in [0.717, 1.165) is 0 Å². The van der Waals surface area contributed by atoms with Gasteiger partial charge in [-0.05, 0) is 37.0 Å². The molecule has 0 saturated heterocycles. The van der Waals surface area contributed by atoms with Crippen molar-refractivity contribution in [3.8, 4) is 17.1 Å². The quantitative estimate of drug-likeness (QED) is 0.909. The summed E-state index contributed by atoms with van der Waals surface area (Å²) in [4.78, 5) is 4.06. The molecule has 1 aliphatic carbocycles. The Hall–Kier alpha value is -1.95. The van der Waals surface area contributed by atoms with Crippen molar-refractivity contribution in [1.29, 1.82) is 0 Å². The number of hydrogen-bond acceptors (Lipinski definition) is 5. The van der Waals surface area contributed by atoms with Crippen molar-refractivity contribution in [1.82, 2.24) is 10.1 Å². The van der Waals surface area contributed by atoms with Crippen LogP contribution < -0.4 is 10.5 Å². The SMILES string of the molecule is NCc1nc(-c2ccc(OCC3CCC3)c(F)c2)no1. The van der Waals surface area contributed by atoms with Gasteiger partial charge in [0.1, 0.15) is 0 Å². The molecule has 1 heterocycles. The maximum atomic E-state index is 14.0. The van der Waals surface area contributed by atoms with Gasteiger partial charge in [-0.3, -0.25) is 0 Å². The van der Waals surface area contributed by atoms with Crippen molar-refractivity contribution in [2.75, 3.05) is 6.61 Å². The smallest absolute Gasteiger partial charge is 0.240 e. The summed E-state index contributed by atoms with van der Waals surface area (Å²) < 4.78 is 24.4. The summed E-state index contributed by atoms with van der Waals surface area (Å²) in [5.41, 5.74) is 5.93. The summed E-state index contributed by atoms with van der Waals surface area (Å²) in [7, 11) is 0. The minimum absolute atomic E-state index is 0.165. The molecule has 0 aliphatic heterocycles. The van der Waals surface area contributed by atoms with E-state index in [1.807, 2.05) is 0 Å². The molecule has 2 N–H and O–H groups in total. The van der Waals surface area contributed by atoms with Crippen LogP contribution in [0.4, 0.5) is 4.39 Å². The average molecular weight is 277 g/mol. The van der Waals surface area contributed by atoms with Crippen LogP contribution in [0.2, 0.25) is 0 Å². The summed E-state index contributed by atoms with van der Waals surface area (Å²) in [6, 6.07) is 4.66. The largest absolute Gasteiger partial charge is 0.490 e. The van der Waals surface area contributed by atoms with Crippen LogP contribution in [-0.4, -0.2) is 16.7 Å². The second-order valence-electron chi connectivity index (χ2n) is 4.97. The van der Waals surface area contributed by atoms with Crippen LogP contribution in [0.5, 0.6) is 5.75 Å². The number of aromatic nitrogens is 2.